The van der Waals surface area contributed by atoms with Crippen molar-refractivity contribution in [3.05, 3.63) is 55.8 Å². The fraction of sp³-hybridized carbons (Fsp3) is 0.188. The van der Waals surface area contributed by atoms with Gasteiger partial charge in [0.05, 0.1) is 6.20 Å². The zero-order chi connectivity index (χ0) is 18.4. The number of aromatic nitrogens is 3. The lowest BCUT2D eigenvalue weighted by atomic mass is 10.2. The van der Waals surface area contributed by atoms with E-state index in [0.29, 0.717) is 24.3 Å². The molecule has 2 rings (SSSR count). The maximum atomic E-state index is 12.3. The number of carbonyl (C=O) groups is 1. The number of ether oxygens (including phenoxy) is 1. The minimum Gasteiger partial charge on any atom is -0.406 e. The first-order valence-corrected chi connectivity index (χ1v) is 7.13. The lowest BCUT2D eigenvalue weighted by Crippen LogP contribution is -2.36. The summed E-state index contributed by atoms with van der Waals surface area (Å²) in [5.41, 5.74) is 0.830. The molecule has 0 bridgehead atoms. The molecule has 1 aromatic heterocycles. The summed E-state index contributed by atoms with van der Waals surface area (Å²) < 4.78 is 40.3. The normalized spacial score (nSPS) is 11.0. The van der Waals surface area contributed by atoms with Gasteiger partial charge in [0.1, 0.15) is 11.4 Å². The molecule has 0 unspecified atom stereocenters. The average molecular weight is 352 g/mol. The molecular weight excluding hydrogens is 337 g/mol. The first-order valence-electron chi connectivity index (χ1n) is 7.13. The second kappa shape index (κ2) is 7.65. The van der Waals surface area contributed by atoms with Crippen molar-refractivity contribution in [1.29, 1.82) is 0 Å². The molecule has 25 heavy (non-hydrogen) atoms. The van der Waals surface area contributed by atoms with Crippen LogP contribution >= 0.6 is 0 Å². The van der Waals surface area contributed by atoms with E-state index in [4.69, 9.17) is 0 Å². The molecule has 0 saturated heterocycles. The highest BCUT2D eigenvalue weighted by Crippen LogP contribution is 2.25. The third kappa shape index (κ3) is 4.93. The van der Waals surface area contributed by atoms with E-state index in [0.717, 1.165) is 16.9 Å². The van der Waals surface area contributed by atoms with Crippen molar-refractivity contribution in [3.63, 3.8) is 0 Å². The number of benzene rings is 1. The highest BCUT2D eigenvalue weighted by molar-refractivity contribution is 5.76. The summed E-state index contributed by atoms with van der Waals surface area (Å²) in [6.07, 6.45) is -0.287. The van der Waals surface area contributed by atoms with Crippen LogP contribution in [-0.2, 0) is 0 Å². The smallest absolute Gasteiger partial charge is 0.406 e. The van der Waals surface area contributed by atoms with Crippen LogP contribution in [0.3, 0.4) is 0 Å². The van der Waals surface area contributed by atoms with Gasteiger partial charge < -0.3 is 9.64 Å². The van der Waals surface area contributed by atoms with Crippen molar-refractivity contribution >= 4 is 6.03 Å². The van der Waals surface area contributed by atoms with E-state index in [2.05, 4.69) is 28.1 Å². The molecule has 1 heterocycles. The van der Waals surface area contributed by atoms with E-state index >= 15 is 0 Å². The van der Waals surface area contributed by atoms with E-state index in [-0.39, 0.29) is 5.75 Å². The Kier molecular flexibility index (Phi) is 5.58. The highest BCUT2D eigenvalue weighted by atomic mass is 19.4. The maximum Gasteiger partial charge on any atom is 0.573 e. The fourth-order valence-electron chi connectivity index (χ4n) is 1.98. The molecule has 0 radical (unpaired) electrons. The third-order valence-corrected chi connectivity index (χ3v) is 3.02. The number of hydrogen-bond donors (Lipinski definition) is 0. The Labute approximate surface area is 141 Å². The van der Waals surface area contributed by atoms with E-state index < -0.39 is 12.4 Å². The molecule has 0 spiro atoms. The summed E-state index contributed by atoms with van der Waals surface area (Å²) >= 11 is 0. The number of alkyl halides is 3. The topological polar surface area (TPSA) is 60.2 Å². The Morgan fingerprint density at radius 3 is 2.32 bits per heavy atom. The summed E-state index contributed by atoms with van der Waals surface area (Å²) in [4.78, 5) is 14.6. The van der Waals surface area contributed by atoms with Gasteiger partial charge in [0, 0.05) is 18.7 Å². The van der Waals surface area contributed by atoms with Crippen molar-refractivity contribution in [3.8, 4) is 17.0 Å². The predicted octanol–water partition coefficient (Wildman–Crippen LogP) is 3.49. The molecule has 9 heteroatoms. The molecular formula is C16H15F3N4O2. The van der Waals surface area contributed by atoms with Crippen LogP contribution in [0.4, 0.5) is 18.0 Å². The van der Waals surface area contributed by atoms with Gasteiger partial charge >= 0.3 is 12.4 Å². The van der Waals surface area contributed by atoms with Crippen molar-refractivity contribution in [1.82, 2.24) is 19.9 Å². The van der Waals surface area contributed by atoms with Gasteiger partial charge in [0.15, 0.2) is 0 Å². The molecule has 0 saturated carbocycles. The zero-order valence-electron chi connectivity index (χ0n) is 13.1. The molecule has 1 aromatic carbocycles. The standard InChI is InChI=1S/C16H15F3N4O2/c1-3-9-22(10-4-2)15(24)23-20-11-14(21-23)12-5-7-13(8-6-12)25-16(17,18)19/h3-8,11H,1-2,9-10H2. The van der Waals surface area contributed by atoms with Crippen molar-refractivity contribution in [2.75, 3.05) is 13.1 Å². The number of carbonyl (C=O) groups excluding carboxylic acids is 1. The molecule has 0 atom stereocenters. The van der Waals surface area contributed by atoms with Gasteiger partial charge in [-0.05, 0) is 24.3 Å². The highest BCUT2D eigenvalue weighted by Gasteiger charge is 2.31. The predicted molar refractivity (Wildman–Crippen MR) is 84.9 cm³/mol. The molecule has 6 nitrogen and oxygen atoms in total. The lowest BCUT2D eigenvalue weighted by Gasteiger charge is -2.17. The Balaban J connectivity index is 2.16. The van der Waals surface area contributed by atoms with Crippen LogP contribution in [-0.4, -0.2) is 45.4 Å². The maximum absolute atomic E-state index is 12.3. The van der Waals surface area contributed by atoms with Gasteiger partial charge in [-0.25, -0.2) is 4.79 Å². The number of amides is 1. The van der Waals surface area contributed by atoms with Crippen LogP contribution < -0.4 is 4.74 Å². The summed E-state index contributed by atoms with van der Waals surface area (Å²) in [6.45, 7) is 7.74. The van der Waals surface area contributed by atoms with Crippen molar-refractivity contribution < 1.29 is 22.7 Å². The van der Waals surface area contributed by atoms with Crippen LogP contribution in [0.25, 0.3) is 11.3 Å². The van der Waals surface area contributed by atoms with Crippen LogP contribution in [0.1, 0.15) is 0 Å². The molecule has 1 amide bonds. The van der Waals surface area contributed by atoms with Gasteiger partial charge in [-0.1, -0.05) is 16.9 Å². The van der Waals surface area contributed by atoms with Crippen LogP contribution in [0.15, 0.2) is 55.8 Å². The monoisotopic (exact) mass is 352 g/mol. The molecule has 132 valence electrons. The molecule has 0 fully saturated rings. The van der Waals surface area contributed by atoms with E-state index in [1.807, 2.05) is 0 Å². The quantitative estimate of drug-likeness (QED) is 0.747. The molecule has 0 aliphatic carbocycles. The molecule has 0 aliphatic rings. The SMILES string of the molecule is C=CCN(CC=C)C(=O)n1ncc(-c2ccc(OC(F)(F)F)cc2)n1. The lowest BCUT2D eigenvalue weighted by molar-refractivity contribution is -0.274. The molecule has 2 aromatic rings. The van der Waals surface area contributed by atoms with E-state index in [1.165, 1.54) is 23.2 Å². The Morgan fingerprint density at radius 2 is 1.80 bits per heavy atom. The first kappa shape index (κ1) is 18.2. The number of nitrogens with zero attached hydrogens (tertiary/aromatic N) is 4. The minimum atomic E-state index is -4.75. The minimum absolute atomic E-state index is 0.297. The second-order valence-electron chi connectivity index (χ2n) is 4.86. The van der Waals surface area contributed by atoms with Gasteiger partial charge in [0.2, 0.25) is 0 Å². The number of hydrogen-bond acceptors (Lipinski definition) is 4. The van der Waals surface area contributed by atoms with Gasteiger partial charge in [0.25, 0.3) is 0 Å². The summed E-state index contributed by atoms with van der Waals surface area (Å²) in [7, 11) is 0. The largest absolute Gasteiger partial charge is 0.573 e. The van der Waals surface area contributed by atoms with Gasteiger partial charge in [-0.3, -0.25) is 0 Å². The summed E-state index contributed by atoms with van der Waals surface area (Å²) in [5.74, 6) is -0.345. The van der Waals surface area contributed by atoms with E-state index in [9.17, 15) is 18.0 Å². The third-order valence-electron chi connectivity index (χ3n) is 3.02. The molecule has 0 N–H and O–H groups in total. The average Bonchev–Trinajstić information content (AvgIpc) is 3.03. The van der Waals surface area contributed by atoms with E-state index in [1.54, 1.807) is 12.2 Å². The fourth-order valence-corrected chi connectivity index (χ4v) is 1.98. The summed E-state index contributed by atoms with van der Waals surface area (Å²) in [5, 5.41) is 7.95. The van der Waals surface area contributed by atoms with Crippen LogP contribution in [0, 0.1) is 0 Å². The number of rotatable bonds is 6. The first-order chi connectivity index (χ1) is 11.8. The number of halogens is 3. The Morgan fingerprint density at radius 1 is 1.20 bits per heavy atom. The Hall–Kier alpha value is -3.10. The zero-order valence-corrected chi connectivity index (χ0v) is 13.1. The Bertz CT molecular complexity index is 743. The van der Waals surface area contributed by atoms with Gasteiger partial charge in [-0.15, -0.1) is 31.4 Å². The summed E-state index contributed by atoms with van der Waals surface area (Å²) in [6, 6.07) is 4.63. The molecule has 0 aliphatic heterocycles. The van der Waals surface area contributed by atoms with Gasteiger partial charge in [-0.2, -0.15) is 5.10 Å². The van der Waals surface area contributed by atoms with Crippen LogP contribution in [0.2, 0.25) is 0 Å². The van der Waals surface area contributed by atoms with Crippen molar-refractivity contribution in [2.45, 2.75) is 6.36 Å². The van der Waals surface area contributed by atoms with Crippen molar-refractivity contribution in [2.24, 2.45) is 0 Å². The second-order valence-corrected chi connectivity index (χ2v) is 4.86. The van der Waals surface area contributed by atoms with Crippen LogP contribution in [0.5, 0.6) is 5.75 Å².